The van der Waals surface area contributed by atoms with Gasteiger partial charge < -0.3 is 15.0 Å². The molecule has 0 fully saturated rings. The molecule has 25 heavy (non-hydrogen) atoms. The molecule has 1 aromatic heterocycles. The lowest BCUT2D eigenvalue weighted by molar-refractivity contribution is 0.134. The SMILES string of the molecule is CC(C)Cc1ncc2c(n1)CN(C(=O)Nc1ccc3c(c1)COC3)C2. The fourth-order valence-corrected chi connectivity index (χ4v) is 3.25. The molecule has 130 valence electrons. The number of aromatic nitrogens is 2. The number of anilines is 1. The molecule has 3 heterocycles. The van der Waals surface area contributed by atoms with Gasteiger partial charge in [0.1, 0.15) is 5.82 Å². The lowest BCUT2D eigenvalue weighted by Crippen LogP contribution is -2.30. The van der Waals surface area contributed by atoms with E-state index in [-0.39, 0.29) is 6.03 Å². The van der Waals surface area contributed by atoms with Crippen molar-refractivity contribution in [3.05, 3.63) is 52.6 Å². The molecule has 0 aliphatic carbocycles. The minimum atomic E-state index is -0.109. The Morgan fingerprint density at radius 3 is 2.92 bits per heavy atom. The Balaban J connectivity index is 1.43. The molecule has 0 unspecified atom stereocenters. The quantitative estimate of drug-likeness (QED) is 0.933. The van der Waals surface area contributed by atoms with Crippen LogP contribution in [0, 0.1) is 5.92 Å². The fourth-order valence-electron chi connectivity index (χ4n) is 3.25. The Morgan fingerprint density at radius 2 is 2.08 bits per heavy atom. The van der Waals surface area contributed by atoms with E-state index >= 15 is 0 Å². The molecule has 0 atom stereocenters. The molecule has 1 N–H and O–H groups in total. The van der Waals surface area contributed by atoms with Crippen LogP contribution in [0.5, 0.6) is 0 Å². The summed E-state index contributed by atoms with van der Waals surface area (Å²) in [6, 6.07) is 5.82. The van der Waals surface area contributed by atoms with Crippen LogP contribution < -0.4 is 5.32 Å². The highest BCUT2D eigenvalue weighted by Crippen LogP contribution is 2.25. The van der Waals surface area contributed by atoms with Crippen molar-refractivity contribution < 1.29 is 9.53 Å². The van der Waals surface area contributed by atoms with Crippen LogP contribution in [-0.2, 0) is 37.5 Å². The van der Waals surface area contributed by atoms with E-state index in [4.69, 9.17) is 4.74 Å². The molecule has 4 rings (SSSR count). The van der Waals surface area contributed by atoms with Crippen LogP contribution in [0.4, 0.5) is 10.5 Å². The van der Waals surface area contributed by atoms with Crippen LogP contribution in [0.25, 0.3) is 0 Å². The lowest BCUT2D eigenvalue weighted by atomic mass is 10.1. The second-order valence-electron chi connectivity index (χ2n) is 7.12. The van der Waals surface area contributed by atoms with Gasteiger partial charge in [-0.25, -0.2) is 14.8 Å². The van der Waals surface area contributed by atoms with Gasteiger partial charge in [-0.3, -0.25) is 0 Å². The second kappa shape index (κ2) is 6.44. The lowest BCUT2D eigenvalue weighted by Gasteiger charge is -2.16. The Labute approximate surface area is 147 Å². The number of benzene rings is 1. The second-order valence-corrected chi connectivity index (χ2v) is 7.12. The van der Waals surface area contributed by atoms with E-state index in [1.807, 2.05) is 24.4 Å². The van der Waals surface area contributed by atoms with E-state index in [1.54, 1.807) is 4.90 Å². The molecule has 2 amide bonds. The summed E-state index contributed by atoms with van der Waals surface area (Å²) in [7, 11) is 0. The maximum Gasteiger partial charge on any atom is 0.322 e. The predicted octanol–water partition coefficient (Wildman–Crippen LogP) is 3.25. The first-order valence-electron chi connectivity index (χ1n) is 8.67. The van der Waals surface area contributed by atoms with Crippen molar-refractivity contribution in [3.63, 3.8) is 0 Å². The zero-order chi connectivity index (χ0) is 17.4. The summed E-state index contributed by atoms with van der Waals surface area (Å²) >= 11 is 0. The third-order valence-electron chi connectivity index (χ3n) is 4.56. The zero-order valence-electron chi connectivity index (χ0n) is 14.6. The van der Waals surface area contributed by atoms with Gasteiger partial charge in [0.2, 0.25) is 0 Å². The summed E-state index contributed by atoms with van der Waals surface area (Å²) in [6.45, 7) is 6.65. The summed E-state index contributed by atoms with van der Waals surface area (Å²) in [5, 5.41) is 2.98. The summed E-state index contributed by atoms with van der Waals surface area (Å²) in [5.74, 6) is 1.37. The molecular weight excluding hydrogens is 316 g/mol. The molecule has 6 nitrogen and oxygen atoms in total. The van der Waals surface area contributed by atoms with Crippen LogP contribution >= 0.6 is 0 Å². The normalized spacial score (nSPS) is 15.4. The molecule has 0 spiro atoms. The topological polar surface area (TPSA) is 67.4 Å². The molecule has 2 aromatic rings. The first kappa shape index (κ1) is 16.0. The first-order chi connectivity index (χ1) is 12.1. The van der Waals surface area contributed by atoms with E-state index in [1.165, 1.54) is 5.56 Å². The van der Waals surface area contributed by atoms with Crippen molar-refractivity contribution in [2.45, 2.75) is 46.6 Å². The predicted molar refractivity (Wildman–Crippen MR) is 93.8 cm³/mol. The third kappa shape index (κ3) is 3.35. The van der Waals surface area contributed by atoms with Gasteiger partial charge in [0.15, 0.2) is 0 Å². The standard InChI is InChI=1S/C19H22N4O2/c1-12(2)5-18-20-7-15-8-23(9-17(15)22-18)19(24)21-16-4-3-13-10-25-11-14(13)6-16/h3-4,6-7,12H,5,8-11H2,1-2H3,(H,21,24). The Kier molecular flexibility index (Phi) is 4.13. The van der Waals surface area contributed by atoms with Crippen LogP contribution in [-0.4, -0.2) is 20.9 Å². The maximum absolute atomic E-state index is 12.6. The number of nitrogens with one attached hydrogen (secondary N) is 1. The van der Waals surface area contributed by atoms with Crippen LogP contribution in [0.1, 0.15) is 42.1 Å². The number of carbonyl (C=O) groups excluding carboxylic acids is 1. The smallest absolute Gasteiger partial charge is 0.322 e. The van der Waals surface area contributed by atoms with Crippen LogP contribution in [0.15, 0.2) is 24.4 Å². The monoisotopic (exact) mass is 338 g/mol. The average Bonchev–Trinajstić information content (AvgIpc) is 3.19. The minimum absolute atomic E-state index is 0.109. The Hall–Kier alpha value is -2.47. The average molecular weight is 338 g/mol. The van der Waals surface area contributed by atoms with Gasteiger partial charge in [-0.05, 0) is 29.2 Å². The molecule has 0 radical (unpaired) electrons. The van der Waals surface area contributed by atoms with E-state index in [0.29, 0.717) is 32.2 Å². The van der Waals surface area contributed by atoms with Gasteiger partial charge in [0.05, 0.1) is 32.0 Å². The largest absolute Gasteiger partial charge is 0.372 e. The van der Waals surface area contributed by atoms with Crippen molar-refractivity contribution in [3.8, 4) is 0 Å². The minimum Gasteiger partial charge on any atom is -0.372 e. The van der Waals surface area contributed by atoms with Gasteiger partial charge in [-0.15, -0.1) is 0 Å². The van der Waals surface area contributed by atoms with Crippen molar-refractivity contribution in [2.75, 3.05) is 5.32 Å². The Morgan fingerprint density at radius 1 is 1.24 bits per heavy atom. The number of amides is 2. The van der Waals surface area contributed by atoms with E-state index < -0.39 is 0 Å². The summed E-state index contributed by atoms with van der Waals surface area (Å²) in [6.07, 6.45) is 2.72. The number of hydrogen-bond acceptors (Lipinski definition) is 4. The number of fused-ring (bicyclic) bond motifs is 2. The maximum atomic E-state index is 12.6. The highest BCUT2D eigenvalue weighted by atomic mass is 16.5. The van der Waals surface area contributed by atoms with E-state index in [0.717, 1.165) is 34.8 Å². The number of hydrogen-bond donors (Lipinski definition) is 1. The highest BCUT2D eigenvalue weighted by molar-refractivity contribution is 5.89. The van der Waals surface area contributed by atoms with Crippen molar-refractivity contribution in [1.29, 1.82) is 0 Å². The molecular formula is C19H22N4O2. The zero-order valence-corrected chi connectivity index (χ0v) is 14.6. The molecule has 2 aliphatic heterocycles. The summed E-state index contributed by atoms with van der Waals surface area (Å²) in [5.41, 5.74) is 5.14. The van der Waals surface area contributed by atoms with Gasteiger partial charge in [-0.2, -0.15) is 0 Å². The molecule has 0 saturated carbocycles. The first-order valence-corrected chi connectivity index (χ1v) is 8.67. The molecule has 0 bridgehead atoms. The van der Waals surface area contributed by atoms with Gasteiger partial charge in [-0.1, -0.05) is 19.9 Å². The fraction of sp³-hybridized carbons (Fsp3) is 0.421. The number of urea groups is 1. The van der Waals surface area contributed by atoms with Crippen molar-refractivity contribution in [1.82, 2.24) is 14.9 Å². The molecule has 6 heteroatoms. The molecule has 2 aliphatic rings. The van der Waals surface area contributed by atoms with Gasteiger partial charge in [0, 0.05) is 23.9 Å². The van der Waals surface area contributed by atoms with Crippen molar-refractivity contribution in [2.24, 2.45) is 5.92 Å². The third-order valence-corrected chi connectivity index (χ3v) is 4.56. The number of nitrogens with zero attached hydrogens (tertiary/aromatic N) is 3. The number of rotatable bonds is 3. The van der Waals surface area contributed by atoms with Crippen molar-refractivity contribution >= 4 is 11.7 Å². The Bertz CT molecular complexity index is 819. The van der Waals surface area contributed by atoms with Gasteiger partial charge in [0.25, 0.3) is 0 Å². The molecule has 0 saturated heterocycles. The summed E-state index contributed by atoms with van der Waals surface area (Å²) < 4.78 is 5.42. The van der Waals surface area contributed by atoms with E-state index in [9.17, 15) is 4.79 Å². The molecule has 1 aromatic carbocycles. The van der Waals surface area contributed by atoms with Gasteiger partial charge >= 0.3 is 6.03 Å². The van der Waals surface area contributed by atoms with Crippen LogP contribution in [0.2, 0.25) is 0 Å². The van der Waals surface area contributed by atoms with E-state index in [2.05, 4.69) is 29.1 Å². The van der Waals surface area contributed by atoms with Crippen LogP contribution in [0.3, 0.4) is 0 Å². The number of carbonyl (C=O) groups is 1. The number of ether oxygens (including phenoxy) is 1. The highest BCUT2D eigenvalue weighted by Gasteiger charge is 2.25. The summed E-state index contributed by atoms with van der Waals surface area (Å²) in [4.78, 5) is 23.4.